The highest BCUT2D eigenvalue weighted by Crippen LogP contribution is 2.35. The van der Waals surface area contributed by atoms with E-state index in [9.17, 15) is 9.59 Å². The standard InChI is InChI=1S/C22H23ClN2O5/c1-4-29-21(26)19-17(13-30-15-9-7-8-14(23)12-15)25(2)22(27)24-20(19)16-10-5-6-11-18(16)28-3/h5-12,20H,4,13H2,1-3H3,(H,24,27)/t20-/m1/s1. The summed E-state index contributed by atoms with van der Waals surface area (Å²) in [6.07, 6.45) is 0. The normalized spacial score (nSPS) is 16.2. The Morgan fingerprint density at radius 1 is 1.20 bits per heavy atom. The van der Waals surface area contributed by atoms with Crippen LogP contribution in [-0.4, -0.2) is 44.3 Å². The van der Waals surface area contributed by atoms with E-state index >= 15 is 0 Å². The Kier molecular flexibility index (Phi) is 6.84. The smallest absolute Gasteiger partial charge is 0.338 e. The van der Waals surface area contributed by atoms with Crippen molar-refractivity contribution in [1.82, 2.24) is 10.2 Å². The topological polar surface area (TPSA) is 77.1 Å². The number of halogens is 1. The number of para-hydroxylation sites is 1. The van der Waals surface area contributed by atoms with Crippen LogP contribution in [0.2, 0.25) is 5.02 Å². The molecule has 0 spiro atoms. The van der Waals surface area contributed by atoms with Gasteiger partial charge in [0.05, 0.1) is 31.0 Å². The molecule has 30 heavy (non-hydrogen) atoms. The third-order valence-electron chi connectivity index (χ3n) is 4.69. The second kappa shape index (κ2) is 9.54. The summed E-state index contributed by atoms with van der Waals surface area (Å²) in [5, 5.41) is 3.38. The van der Waals surface area contributed by atoms with Crippen LogP contribution in [0, 0.1) is 0 Å². The molecule has 1 N–H and O–H groups in total. The zero-order valence-corrected chi connectivity index (χ0v) is 17.7. The van der Waals surface area contributed by atoms with E-state index in [0.717, 1.165) is 0 Å². The lowest BCUT2D eigenvalue weighted by Gasteiger charge is -2.34. The molecule has 2 amide bonds. The highest BCUT2D eigenvalue weighted by atomic mass is 35.5. The van der Waals surface area contributed by atoms with E-state index in [1.807, 2.05) is 12.1 Å². The van der Waals surface area contributed by atoms with Crippen molar-refractivity contribution in [3.63, 3.8) is 0 Å². The molecule has 0 saturated heterocycles. The van der Waals surface area contributed by atoms with Gasteiger partial charge in [0.15, 0.2) is 0 Å². The number of hydrogen-bond acceptors (Lipinski definition) is 5. The lowest BCUT2D eigenvalue weighted by molar-refractivity contribution is -0.139. The maximum absolute atomic E-state index is 12.9. The van der Waals surface area contributed by atoms with Crippen LogP contribution >= 0.6 is 11.6 Å². The van der Waals surface area contributed by atoms with E-state index in [2.05, 4.69) is 5.32 Å². The van der Waals surface area contributed by atoms with Crippen molar-refractivity contribution in [2.75, 3.05) is 27.4 Å². The van der Waals surface area contributed by atoms with Crippen molar-refractivity contribution in [2.24, 2.45) is 0 Å². The Morgan fingerprint density at radius 2 is 1.97 bits per heavy atom. The average molecular weight is 431 g/mol. The number of methoxy groups -OCH3 is 1. The van der Waals surface area contributed by atoms with Gasteiger partial charge < -0.3 is 19.5 Å². The molecule has 8 heteroatoms. The Labute approximate surface area is 180 Å². The van der Waals surface area contributed by atoms with E-state index in [1.165, 1.54) is 12.0 Å². The van der Waals surface area contributed by atoms with Gasteiger partial charge in [-0.1, -0.05) is 35.9 Å². The third kappa shape index (κ3) is 4.52. The third-order valence-corrected chi connectivity index (χ3v) is 4.93. The van der Waals surface area contributed by atoms with Gasteiger partial charge in [-0.2, -0.15) is 0 Å². The molecule has 0 radical (unpaired) electrons. The van der Waals surface area contributed by atoms with Gasteiger partial charge in [-0.05, 0) is 31.2 Å². The number of likely N-dealkylation sites (N-methyl/N-ethyl adjacent to an activating group) is 1. The number of carbonyl (C=O) groups excluding carboxylic acids is 2. The van der Waals surface area contributed by atoms with Crippen LogP contribution in [0.15, 0.2) is 59.8 Å². The summed E-state index contributed by atoms with van der Waals surface area (Å²) in [5.41, 5.74) is 1.32. The number of amides is 2. The van der Waals surface area contributed by atoms with Gasteiger partial charge in [0, 0.05) is 17.6 Å². The maximum Gasteiger partial charge on any atom is 0.338 e. The van der Waals surface area contributed by atoms with Crippen molar-refractivity contribution in [2.45, 2.75) is 13.0 Å². The molecule has 3 rings (SSSR count). The quantitative estimate of drug-likeness (QED) is 0.673. The number of nitrogens with one attached hydrogen (secondary N) is 1. The van der Waals surface area contributed by atoms with Crippen LogP contribution in [0.25, 0.3) is 0 Å². The lowest BCUT2D eigenvalue weighted by Crippen LogP contribution is -2.48. The van der Waals surface area contributed by atoms with Gasteiger partial charge in [0.25, 0.3) is 0 Å². The Bertz CT molecular complexity index is 976. The van der Waals surface area contributed by atoms with Crippen LogP contribution < -0.4 is 14.8 Å². The Morgan fingerprint density at radius 3 is 2.67 bits per heavy atom. The summed E-state index contributed by atoms with van der Waals surface area (Å²) in [7, 11) is 3.11. The van der Waals surface area contributed by atoms with Gasteiger partial charge >= 0.3 is 12.0 Å². The molecular weight excluding hydrogens is 408 g/mol. The second-order valence-electron chi connectivity index (χ2n) is 6.51. The van der Waals surface area contributed by atoms with E-state index in [1.54, 1.807) is 50.4 Å². The molecule has 1 atom stereocenters. The zero-order valence-electron chi connectivity index (χ0n) is 17.0. The SMILES string of the molecule is CCOC(=O)C1=C(COc2cccc(Cl)c2)N(C)C(=O)N[C@@H]1c1ccccc1OC. The summed E-state index contributed by atoms with van der Waals surface area (Å²) in [5.74, 6) is 0.528. The fourth-order valence-electron chi connectivity index (χ4n) is 3.23. The highest BCUT2D eigenvalue weighted by Gasteiger charge is 2.38. The van der Waals surface area contributed by atoms with Gasteiger partial charge in [-0.25, -0.2) is 9.59 Å². The maximum atomic E-state index is 12.9. The number of nitrogens with zero attached hydrogens (tertiary/aromatic N) is 1. The van der Waals surface area contributed by atoms with E-state index in [0.29, 0.717) is 27.8 Å². The first-order valence-electron chi connectivity index (χ1n) is 9.42. The first-order chi connectivity index (χ1) is 14.5. The van der Waals surface area contributed by atoms with Gasteiger partial charge in [-0.15, -0.1) is 0 Å². The summed E-state index contributed by atoms with van der Waals surface area (Å²) in [6.45, 7) is 1.90. The Hall–Kier alpha value is -3.19. The minimum absolute atomic E-state index is 0.0238. The zero-order chi connectivity index (χ0) is 21.7. The minimum Gasteiger partial charge on any atom is -0.496 e. The van der Waals surface area contributed by atoms with Crippen LogP contribution in [0.4, 0.5) is 4.79 Å². The van der Waals surface area contributed by atoms with Crippen molar-refractivity contribution < 1.29 is 23.8 Å². The molecule has 0 aliphatic carbocycles. The highest BCUT2D eigenvalue weighted by molar-refractivity contribution is 6.30. The van der Waals surface area contributed by atoms with Crippen LogP contribution in [-0.2, 0) is 9.53 Å². The molecule has 2 aromatic rings. The number of carbonyl (C=O) groups is 2. The molecule has 1 heterocycles. The van der Waals surface area contributed by atoms with Crippen molar-refractivity contribution in [1.29, 1.82) is 0 Å². The molecule has 0 saturated carbocycles. The molecule has 0 unspecified atom stereocenters. The number of ether oxygens (including phenoxy) is 3. The summed E-state index contributed by atoms with van der Waals surface area (Å²) in [4.78, 5) is 27.0. The first kappa shape index (κ1) is 21.5. The largest absolute Gasteiger partial charge is 0.496 e. The van der Waals surface area contributed by atoms with Crippen LogP contribution in [0.5, 0.6) is 11.5 Å². The summed E-state index contributed by atoms with van der Waals surface area (Å²) >= 11 is 6.02. The predicted octanol–water partition coefficient (Wildman–Crippen LogP) is 3.94. The van der Waals surface area contributed by atoms with E-state index in [-0.39, 0.29) is 24.8 Å². The average Bonchev–Trinajstić information content (AvgIpc) is 2.74. The van der Waals surface area contributed by atoms with Crippen molar-refractivity contribution >= 4 is 23.6 Å². The molecule has 2 aromatic carbocycles. The van der Waals surface area contributed by atoms with Crippen LogP contribution in [0.1, 0.15) is 18.5 Å². The molecule has 158 valence electrons. The van der Waals surface area contributed by atoms with Crippen LogP contribution in [0.3, 0.4) is 0 Å². The van der Waals surface area contributed by atoms with Gasteiger partial charge in [0.2, 0.25) is 0 Å². The number of esters is 1. The van der Waals surface area contributed by atoms with E-state index < -0.39 is 12.0 Å². The monoisotopic (exact) mass is 430 g/mol. The van der Waals surface area contributed by atoms with Gasteiger partial charge in [-0.3, -0.25) is 4.90 Å². The van der Waals surface area contributed by atoms with Crippen molar-refractivity contribution in [3.05, 3.63) is 70.4 Å². The fraction of sp³-hybridized carbons (Fsp3) is 0.273. The second-order valence-corrected chi connectivity index (χ2v) is 6.95. The number of rotatable bonds is 7. The van der Waals surface area contributed by atoms with Gasteiger partial charge in [0.1, 0.15) is 18.1 Å². The lowest BCUT2D eigenvalue weighted by atomic mass is 9.94. The molecular formula is C22H23ClN2O5. The molecule has 1 aliphatic heterocycles. The number of urea groups is 1. The molecule has 0 fully saturated rings. The number of hydrogen-bond donors (Lipinski definition) is 1. The summed E-state index contributed by atoms with van der Waals surface area (Å²) < 4.78 is 16.6. The number of benzene rings is 2. The molecule has 0 bridgehead atoms. The molecule has 1 aliphatic rings. The Balaban J connectivity index is 2.07. The molecule has 7 nitrogen and oxygen atoms in total. The minimum atomic E-state index is -0.748. The summed E-state index contributed by atoms with van der Waals surface area (Å²) in [6, 6.07) is 13.0. The fourth-order valence-corrected chi connectivity index (χ4v) is 3.41. The van der Waals surface area contributed by atoms with Crippen molar-refractivity contribution in [3.8, 4) is 11.5 Å². The predicted molar refractivity (Wildman–Crippen MR) is 113 cm³/mol. The molecule has 0 aromatic heterocycles. The first-order valence-corrected chi connectivity index (χ1v) is 9.79. The van der Waals surface area contributed by atoms with E-state index in [4.69, 9.17) is 25.8 Å².